The highest BCUT2D eigenvalue weighted by Crippen LogP contribution is 2.44. The zero-order valence-electron chi connectivity index (χ0n) is 19.6. The van der Waals surface area contributed by atoms with E-state index >= 15 is 4.39 Å². The average molecular weight is 463 g/mol. The molecule has 1 aliphatic carbocycles. The number of halogens is 4. The molecule has 2 aliphatic rings. The number of hydrogen-bond acceptors (Lipinski definition) is 1. The predicted octanol–water partition coefficient (Wildman–Crippen LogP) is 8.69. The highest BCUT2D eigenvalue weighted by molar-refractivity contribution is 5.66. The standard InChI is InChI=1S/C28H34F4O/c1-3-4-19-7-11-21(12-8-19)25-16-13-22(17-33-25)23-14-15-24(20-9-5-18(2)6-10-20)27(29)26(23)28(30,31)32/h5-6,9-10,14-15,19,21-22,25H,3-4,7-8,11-13,16-17H2,1-2H3. The second-order valence-corrected chi connectivity index (χ2v) is 9.97. The number of alkyl halides is 3. The first kappa shape index (κ1) is 24.3. The van der Waals surface area contributed by atoms with E-state index in [0.29, 0.717) is 17.9 Å². The zero-order valence-corrected chi connectivity index (χ0v) is 19.6. The lowest BCUT2D eigenvalue weighted by molar-refractivity contribution is -0.141. The zero-order chi connectivity index (χ0) is 23.6. The van der Waals surface area contributed by atoms with Crippen LogP contribution >= 0.6 is 0 Å². The first-order valence-corrected chi connectivity index (χ1v) is 12.4. The summed E-state index contributed by atoms with van der Waals surface area (Å²) in [5.74, 6) is -0.301. The van der Waals surface area contributed by atoms with Crippen LogP contribution in [0.3, 0.4) is 0 Å². The Labute approximate surface area is 194 Å². The van der Waals surface area contributed by atoms with E-state index in [9.17, 15) is 13.2 Å². The molecule has 0 amide bonds. The van der Waals surface area contributed by atoms with Crippen molar-refractivity contribution in [2.45, 2.75) is 83.4 Å². The maximum atomic E-state index is 15.3. The third-order valence-corrected chi connectivity index (χ3v) is 7.69. The average Bonchev–Trinajstić information content (AvgIpc) is 2.80. The van der Waals surface area contributed by atoms with Crippen LogP contribution in [0.4, 0.5) is 17.6 Å². The van der Waals surface area contributed by atoms with Crippen LogP contribution in [0.25, 0.3) is 11.1 Å². The summed E-state index contributed by atoms with van der Waals surface area (Å²) in [4.78, 5) is 0. The summed E-state index contributed by atoms with van der Waals surface area (Å²) >= 11 is 0. The van der Waals surface area contributed by atoms with Gasteiger partial charge in [-0.2, -0.15) is 13.2 Å². The number of aryl methyl sites for hydroxylation is 1. The van der Waals surface area contributed by atoms with Crippen LogP contribution in [-0.2, 0) is 10.9 Å². The van der Waals surface area contributed by atoms with E-state index in [2.05, 4.69) is 6.92 Å². The van der Waals surface area contributed by atoms with Gasteiger partial charge in [0.25, 0.3) is 0 Å². The van der Waals surface area contributed by atoms with Crippen LogP contribution in [0.1, 0.15) is 80.9 Å². The summed E-state index contributed by atoms with van der Waals surface area (Å²) in [6.07, 6.45) is 3.96. The molecule has 0 aromatic heterocycles. The number of benzene rings is 2. The minimum absolute atomic E-state index is 0.00971. The molecule has 1 heterocycles. The van der Waals surface area contributed by atoms with Crippen molar-refractivity contribution in [1.82, 2.24) is 0 Å². The van der Waals surface area contributed by atoms with Crippen LogP contribution < -0.4 is 0 Å². The molecule has 4 rings (SSSR count). The smallest absolute Gasteiger partial charge is 0.377 e. The molecular formula is C28H34F4O. The Balaban J connectivity index is 1.50. The Bertz CT molecular complexity index is 918. The third kappa shape index (κ3) is 5.45. The fraction of sp³-hybridized carbons (Fsp3) is 0.571. The van der Waals surface area contributed by atoms with Crippen LogP contribution in [0.15, 0.2) is 36.4 Å². The van der Waals surface area contributed by atoms with Crippen molar-refractivity contribution in [2.24, 2.45) is 11.8 Å². The molecule has 1 saturated carbocycles. The monoisotopic (exact) mass is 462 g/mol. The van der Waals surface area contributed by atoms with Crippen LogP contribution in [-0.4, -0.2) is 12.7 Å². The summed E-state index contributed by atoms with van der Waals surface area (Å²) in [5, 5.41) is 0. The van der Waals surface area contributed by atoms with Gasteiger partial charge in [0.05, 0.1) is 18.3 Å². The molecule has 2 fully saturated rings. The van der Waals surface area contributed by atoms with E-state index in [1.807, 2.05) is 6.92 Å². The van der Waals surface area contributed by atoms with Crippen LogP contribution in [0.5, 0.6) is 0 Å². The van der Waals surface area contributed by atoms with Crippen molar-refractivity contribution in [1.29, 1.82) is 0 Å². The van der Waals surface area contributed by atoms with Gasteiger partial charge in [-0.1, -0.05) is 74.6 Å². The minimum Gasteiger partial charge on any atom is -0.377 e. The highest BCUT2D eigenvalue weighted by atomic mass is 19.4. The molecule has 2 aromatic rings. The maximum absolute atomic E-state index is 15.3. The van der Waals surface area contributed by atoms with Gasteiger partial charge in [-0.15, -0.1) is 0 Å². The topological polar surface area (TPSA) is 9.23 Å². The van der Waals surface area contributed by atoms with Crippen LogP contribution in [0, 0.1) is 24.6 Å². The molecule has 2 atom stereocenters. The van der Waals surface area contributed by atoms with E-state index in [1.165, 1.54) is 37.8 Å². The van der Waals surface area contributed by atoms with Crippen molar-refractivity contribution < 1.29 is 22.3 Å². The molecule has 180 valence electrons. The van der Waals surface area contributed by atoms with Crippen molar-refractivity contribution in [3.05, 3.63) is 58.9 Å². The number of rotatable bonds is 5. The normalized spacial score (nSPS) is 26.4. The second-order valence-electron chi connectivity index (χ2n) is 9.97. The summed E-state index contributed by atoms with van der Waals surface area (Å²) in [5.41, 5.74) is 0.312. The van der Waals surface area contributed by atoms with Crippen molar-refractivity contribution in [3.63, 3.8) is 0 Å². The molecular weight excluding hydrogens is 428 g/mol. The SMILES string of the molecule is CCCC1CCC(C2CCC(c3ccc(-c4ccc(C)cc4)c(F)c3C(F)(F)F)CO2)CC1. The fourth-order valence-corrected chi connectivity index (χ4v) is 5.82. The number of hydrogen-bond donors (Lipinski definition) is 0. The Morgan fingerprint density at radius 2 is 1.61 bits per heavy atom. The highest BCUT2D eigenvalue weighted by Gasteiger charge is 2.41. The Hall–Kier alpha value is -1.88. The van der Waals surface area contributed by atoms with E-state index in [-0.39, 0.29) is 23.8 Å². The molecule has 0 spiro atoms. The Morgan fingerprint density at radius 3 is 2.18 bits per heavy atom. The minimum atomic E-state index is -4.76. The van der Waals surface area contributed by atoms with Crippen LogP contribution in [0.2, 0.25) is 0 Å². The van der Waals surface area contributed by atoms with Gasteiger partial charge in [-0.3, -0.25) is 0 Å². The first-order valence-electron chi connectivity index (χ1n) is 12.4. The quantitative estimate of drug-likeness (QED) is 0.404. The van der Waals surface area contributed by atoms with Crippen molar-refractivity contribution in [2.75, 3.05) is 6.61 Å². The Kier molecular flexibility index (Phi) is 7.47. The fourth-order valence-electron chi connectivity index (χ4n) is 5.82. The molecule has 33 heavy (non-hydrogen) atoms. The first-order chi connectivity index (χ1) is 15.8. The lowest BCUT2D eigenvalue weighted by atomic mass is 9.75. The second kappa shape index (κ2) is 10.2. The maximum Gasteiger partial charge on any atom is 0.419 e. The van der Waals surface area contributed by atoms with Gasteiger partial charge in [-0.25, -0.2) is 4.39 Å². The van der Waals surface area contributed by atoms with E-state index in [0.717, 1.165) is 30.7 Å². The van der Waals surface area contributed by atoms with Crippen molar-refractivity contribution in [3.8, 4) is 11.1 Å². The largest absolute Gasteiger partial charge is 0.419 e. The Morgan fingerprint density at radius 1 is 0.909 bits per heavy atom. The van der Waals surface area contributed by atoms with Crippen molar-refractivity contribution >= 4 is 0 Å². The summed E-state index contributed by atoms with van der Waals surface area (Å²) in [6.45, 7) is 4.34. The predicted molar refractivity (Wildman–Crippen MR) is 124 cm³/mol. The summed E-state index contributed by atoms with van der Waals surface area (Å²) < 4.78 is 63.4. The molecule has 2 aromatic carbocycles. The molecule has 0 bridgehead atoms. The molecule has 1 nitrogen and oxygen atoms in total. The van der Waals surface area contributed by atoms with Gasteiger partial charge < -0.3 is 4.74 Å². The number of ether oxygens (including phenoxy) is 1. The van der Waals surface area contributed by atoms with E-state index < -0.39 is 23.5 Å². The molecule has 1 saturated heterocycles. The molecule has 1 aliphatic heterocycles. The van der Waals surface area contributed by atoms with Gasteiger partial charge in [0.15, 0.2) is 0 Å². The van der Waals surface area contributed by atoms with Gasteiger partial charge in [0.2, 0.25) is 0 Å². The van der Waals surface area contributed by atoms with E-state index in [1.54, 1.807) is 24.3 Å². The summed E-state index contributed by atoms with van der Waals surface area (Å²) in [7, 11) is 0. The lowest BCUT2D eigenvalue weighted by Gasteiger charge is -2.38. The third-order valence-electron chi connectivity index (χ3n) is 7.69. The van der Waals surface area contributed by atoms with Gasteiger partial charge in [0, 0.05) is 11.5 Å². The van der Waals surface area contributed by atoms with Gasteiger partial charge >= 0.3 is 6.18 Å². The molecule has 0 radical (unpaired) electrons. The molecule has 2 unspecified atom stereocenters. The van der Waals surface area contributed by atoms with Gasteiger partial charge in [0.1, 0.15) is 5.82 Å². The molecule has 5 heteroatoms. The molecule has 0 N–H and O–H groups in total. The lowest BCUT2D eigenvalue weighted by Crippen LogP contribution is -2.34. The van der Waals surface area contributed by atoms with Gasteiger partial charge in [-0.05, 0) is 55.6 Å². The summed E-state index contributed by atoms with van der Waals surface area (Å²) in [6, 6.07) is 9.84. The van der Waals surface area contributed by atoms with E-state index in [4.69, 9.17) is 4.74 Å².